The second-order valence-electron chi connectivity index (χ2n) is 4.68. The summed E-state index contributed by atoms with van der Waals surface area (Å²) in [5.74, 6) is 1.29. The first-order valence-corrected chi connectivity index (χ1v) is 7.90. The highest BCUT2D eigenvalue weighted by molar-refractivity contribution is 9.10. The summed E-state index contributed by atoms with van der Waals surface area (Å²) in [5.41, 5.74) is 3.11. The summed E-state index contributed by atoms with van der Waals surface area (Å²) in [6, 6.07) is 16.0. The number of alkyl halides is 1. The number of nitrogens with zero attached hydrogens (tertiary/aromatic N) is 1. The van der Waals surface area contributed by atoms with Crippen LogP contribution >= 0.6 is 27.5 Å². The van der Waals surface area contributed by atoms with Gasteiger partial charge in [-0.15, -0.1) is 11.6 Å². The molecule has 0 saturated carbocycles. The first kappa shape index (κ1) is 14.4. The molecule has 3 aromatic rings. The minimum atomic E-state index is 0.479. The second-order valence-corrected chi connectivity index (χ2v) is 5.80. The quantitative estimate of drug-likeness (QED) is 0.586. The molecule has 0 spiro atoms. The summed E-state index contributed by atoms with van der Waals surface area (Å²) in [6.07, 6.45) is 1.80. The van der Waals surface area contributed by atoms with E-state index in [1.807, 2.05) is 36.4 Å². The molecule has 21 heavy (non-hydrogen) atoms. The third-order valence-corrected chi connectivity index (χ3v) is 4.18. The lowest BCUT2D eigenvalue weighted by Gasteiger charge is -2.10. The number of pyridine rings is 1. The van der Waals surface area contributed by atoms with Crippen molar-refractivity contribution < 1.29 is 4.74 Å². The Morgan fingerprint density at radius 1 is 1.10 bits per heavy atom. The van der Waals surface area contributed by atoms with E-state index in [4.69, 9.17) is 16.3 Å². The first-order valence-electron chi connectivity index (χ1n) is 6.58. The Hall–Kier alpha value is -1.58. The lowest BCUT2D eigenvalue weighted by atomic mass is 10.1. The van der Waals surface area contributed by atoms with Gasteiger partial charge in [-0.2, -0.15) is 0 Å². The molecule has 2 aromatic carbocycles. The largest absolute Gasteiger partial charge is 0.488 e. The Balaban J connectivity index is 1.84. The monoisotopic (exact) mass is 361 g/mol. The van der Waals surface area contributed by atoms with Crippen LogP contribution in [-0.4, -0.2) is 4.98 Å². The Bertz CT molecular complexity index is 770. The SMILES string of the molecule is ClCc1ccc(OCc2cccc3cccnc23)c(Br)c1. The molecule has 4 heteroatoms. The maximum atomic E-state index is 5.90. The molecule has 106 valence electrons. The average molecular weight is 363 g/mol. The predicted molar refractivity (Wildman–Crippen MR) is 89.8 cm³/mol. The molecule has 0 atom stereocenters. The first-order chi connectivity index (χ1) is 10.3. The normalized spacial score (nSPS) is 10.8. The van der Waals surface area contributed by atoms with Crippen molar-refractivity contribution in [2.45, 2.75) is 12.5 Å². The number of ether oxygens (including phenoxy) is 1. The lowest BCUT2D eigenvalue weighted by Crippen LogP contribution is -1.98. The van der Waals surface area contributed by atoms with Crippen LogP contribution in [0.4, 0.5) is 0 Å². The average Bonchev–Trinajstić information content (AvgIpc) is 2.53. The van der Waals surface area contributed by atoms with Crippen molar-refractivity contribution in [3.05, 3.63) is 70.3 Å². The van der Waals surface area contributed by atoms with Crippen LogP contribution in [0.5, 0.6) is 5.75 Å². The molecular formula is C17H13BrClNO. The van der Waals surface area contributed by atoms with Crippen molar-refractivity contribution in [3.63, 3.8) is 0 Å². The second kappa shape index (κ2) is 6.46. The Morgan fingerprint density at radius 2 is 1.95 bits per heavy atom. The summed E-state index contributed by atoms with van der Waals surface area (Å²) < 4.78 is 6.81. The molecule has 0 N–H and O–H groups in total. The molecule has 0 unspecified atom stereocenters. The molecular weight excluding hydrogens is 350 g/mol. The standard InChI is InChI=1S/C17H13BrClNO/c18-15-9-12(10-19)6-7-16(15)21-11-14-4-1-3-13-5-2-8-20-17(13)14/h1-9H,10-11H2. The van der Waals surface area contributed by atoms with Gasteiger partial charge in [0.15, 0.2) is 0 Å². The number of halogens is 2. The van der Waals surface area contributed by atoms with Gasteiger partial charge in [-0.1, -0.05) is 30.3 Å². The fourth-order valence-corrected chi connectivity index (χ4v) is 2.89. The van der Waals surface area contributed by atoms with Crippen molar-refractivity contribution in [2.75, 3.05) is 0 Å². The summed E-state index contributed by atoms with van der Waals surface area (Å²) in [6.45, 7) is 0.479. The van der Waals surface area contributed by atoms with E-state index in [0.717, 1.165) is 32.3 Å². The molecule has 2 nitrogen and oxygen atoms in total. The van der Waals surface area contributed by atoms with E-state index in [1.54, 1.807) is 6.20 Å². The van der Waals surface area contributed by atoms with Gasteiger partial charge in [0.2, 0.25) is 0 Å². The molecule has 0 aliphatic carbocycles. The molecule has 0 amide bonds. The molecule has 1 aromatic heterocycles. The van der Waals surface area contributed by atoms with Crippen molar-refractivity contribution in [1.29, 1.82) is 0 Å². The number of rotatable bonds is 4. The van der Waals surface area contributed by atoms with Crippen molar-refractivity contribution in [2.24, 2.45) is 0 Å². The smallest absolute Gasteiger partial charge is 0.134 e. The summed E-state index contributed by atoms with van der Waals surface area (Å²) in [4.78, 5) is 4.43. The number of hydrogen-bond donors (Lipinski definition) is 0. The van der Waals surface area contributed by atoms with Gasteiger partial charge in [0.25, 0.3) is 0 Å². The predicted octanol–water partition coefficient (Wildman–Crippen LogP) is 5.32. The van der Waals surface area contributed by atoms with E-state index < -0.39 is 0 Å². The number of fused-ring (bicyclic) bond motifs is 1. The van der Waals surface area contributed by atoms with Crippen molar-refractivity contribution in [1.82, 2.24) is 4.98 Å². The number of aromatic nitrogens is 1. The van der Waals surface area contributed by atoms with Gasteiger partial charge in [0, 0.05) is 23.0 Å². The zero-order valence-electron chi connectivity index (χ0n) is 11.2. The van der Waals surface area contributed by atoms with Gasteiger partial charge in [0.05, 0.1) is 9.99 Å². The minimum absolute atomic E-state index is 0.479. The molecule has 0 aliphatic heterocycles. The van der Waals surface area contributed by atoms with Crippen LogP contribution < -0.4 is 4.74 Å². The van der Waals surface area contributed by atoms with Gasteiger partial charge in [0.1, 0.15) is 12.4 Å². The van der Waals surface area contributed by atoms with Crippen LogP contribution in [0, 0.1) is 0 Å². The van der Waals surface area contributed by atoms with Gasteiger partial charge >= 0.3 is 0 Å². The fourth-order valence-electron chi connectivity index (χ4n) is 2.18. The van der Waals surface area contributed by atoms with Crippen LogP contribution in [-0.2, 0) is 12.5 Å². The highest BCUT2D eigenvalue weighted by Gasteiger charge is 2.06. The number of benzene rings is 2. The zero-order valence-corrected chi connectivity index (χ0v) is 13.6. The van der Waals surface area contributed by atoms with Crippen molar-refractivity contribution in [3.8, 4) is 5.75 Å². The van der Waals surface area contributed by atoms with Crippen LogP contribution in [0.3, 0.4) is 0 Å². The van der Waals surface area contributed by atoms with Crippen LogP contribution in [0.25, 0.3) is 10.9 Å². The number of hydrogen-bond acceptors (Lipinski definition) is 2. The summed E-state index contributed by atoms with van der Waals surface area (Å²) >= 11 is 9.33. The maximum absolute atomic E-state index is 5.90. The van der Waals surface area contributed by atoms with Crippen LogP contribution in [0.2, 0.25) is 0 Å². The van der Waals surface area contributed by atoms with Gasteiger partial charge in [-0.3, -0.25) is 4.98 Å². The molecule has 0 fully saturated rings. The summed E-state index contributed by atoms with van der Waals surface area (Å²) in [5, 5.41) is 1.12. The third kappa shape index (κ3) is 3.20. The van der Waals surface area contributed by atoms with Crippen molar-refractivity contribution >= 4 is 38.4 Å². The van der Waals surface area contributed by atoms with E-state index in [2.05, 4.69) is 33.0 Å². The zero-order chi connectivity index (χ0) is 14.7. The van der Waals surface area contributed by atoms with Gasteiger partial charge in [-0.05, 0) is 39.7 Å². The fraction of sp³-hybridized carbons (Fsp3) is 0.118. The topological polar surface area (TPSA) is 22.1 Å². The summed E-state index contributed by atoms with van der Waals surface area (Å²) in [7, 11) is 0. The number of para-hydroxylation sites is 1. The molecule has 0 bridgehead atoms. The van der Waals surface area contributed by atoms with E-state index in [-0.39, 0.29) is 0 Å². The van der Waals surface area contributed by atoms with E-state index >= 15 is 0 Å². The molecule has 1 heterocycles. The third-order valence-electron chi connectivity index (χ3n) is 3.25. The minimum Gasteiger partial charge on any atom is -0.488 e. The highest BCUT2D eigenvalue weighted by Crippen LogP contribution is 2.28. The molecule has 0 radical (unpaired) electrons. The Morgan fingerprint density at radius 3 is 2.76 bits per heavy atom. The van der Waals surface area contributed by atoms with Crippen LogP contribution in [0.15, 0.2) is 59.2 Å². The van der Waals surface area contributed by atoms with E-state index in [1.165, 1.54) is 0 Å². The van der Waals surface area contributed by atoms with E-state index in [0.29, 0.717) is 12.5 Å². The Kier molecular flexibility index (Phi) is 4.42. The molecule has 0 aliphatic rings. The van der Waals surface area contributed by atoms with Crippen LogP contribution in [0.1, 0.15) is 11.1 Å². The maximum Gasteiger partial charge on any atom is 0.134 e. The van der Waals surface area contributed by atoms with Gasteiger partial charge in [-0.25, -0.2) is 0 Å². The molecule has 0 saturated heterocycles. The Labute approximate surface area is 136 Å². The lowest BCUT2D eigenvalue weighted by molar-refractivity contribution is 0.305. The molecule has 3 rings (SSSR count). The highest BCUT2D eigenvalue weighted by atomic mass is 79.9. The van der Waals surface area contributed by atoms with Gasteiger partial charge < -0.3 is 4.74 Å². The van der Waals surface area contributed by atoms with E-state index in [9.17, 15) is 0 Å².